The quantitative estimate of drug-likeness (QED) is 0.556. The van der Waals surface area contributed by atoms with E-state index in [1.807, 2.05) is 4.93 Å². The fraction of sp³-hybridized carbons (Fsp3) is 0.333. The number of aromatic nitrogens is 2. The van der Waals surface area contributed by atoms with E-state index in [0.717, 1.165) is 0 Å². The van der Waals surface area contributed by atoms with E-state index in [-0.39, 0.29) is 0 Å². The van der Waals surface area contributed by atoms with Crippen LogP contribution in [0.5, 0.6) is 0 Å². The van der Waals surface area contributed by atoms with Crippen molar-refractivity contribution in [2.45, 2.75) is 6.18 Å². The smallest absolute Gasteiger partial charge is 0.313 e. The lowest BCUT2D eigenvalue weighted by atomic mass is 10.3. The molecule has 0 atom stereocenters. The van der Waals surface area contributed by atoms with Crippen LogP contribution >= 0.6 is 22.6 Å². The Bertz CT molecular complexity index is 395. The van der Waals surface area contributed by atoms with E-state index in [4.69, 9.17) is 0 Å². The largest absolute Gasteiger partial charge is 0.423 e. The summed E-state index contributed by atoms with van der Waals surface area (Å²) in [4.78, 5) is 25.9. The van der Waals surface area contributed by atoms with Crippen molar-refractivity contribution in [1.29, 1.82) is 0 Å². The lowest BCUT2D eigenvalue weighted by Crippen LogP contribution is -2.28. The fourth-order valence-electron chi connectivity index (χ4n) is 0.620. The number of halogens is 4. The molecule has 0 aliphatic rings. The number of H-pyrrole nitrogens is 2. The van der Waals surface area contributed by atoms with Gasteiger partial charge in [0, 0.05) is 6.20 Å². The zero-order chi connectivity index (χ0) is 11.4. The maximum Gasteiger partial charge on any atom is 0.423 e. The van der Waals surface area contributed by atoms with Gasteiger partial charge in [-0.15, -0.1) is 0 Å². The number of rotatable bonds is 0. The molecule has 0 bridgehead atoms. The SMILES string of the molecule is CI.O=c1[nH]cc(C(F)(F)F)c(=O)[nH]1. The van der Waals surface area contributed by atoms with Crippen LogP contribution in [0.4, 0.5) is 13.2 Å². The van der Waals surface area contributed by atoms with E-state index in [0.29, 0.717) is 6.20 Å². The zero-order valence-corrected chi connectivity index (χ0v) is 9.06. The van der Waals surface area contributed by atoms with Gasteiger partial charge in [0.1, 0.15) is 5.56 Å². The van der Waals surface area contributed by atoms with Crippen LogP contribution in [-0.4, -0.2) is 14.9 Å². The van der Waals surface area contributed by atoms with Crippen molar-refractivity contribution in [1.82, 2.24) is 9.97 Å². The van der Waals surface area contributed by atoms with Crippen LogP contribution in [0, 0.1) is 0 Å². The molecule has 1 aromatic rings. The Morgan fingerprint density at radius 2 is 1.79 bits per heavy atom. The lowest BCUT2D eigenvalue weighted by molar-refractivity contribution is -0.139. The van der Waals surface area contributed by atoms with Gasteiger partial charge in [0.2, 0.25) is 0 Å². The summed E-state index contributed by atoms with van der Waals surface area (Å²) in [6, 6.07) is 0. The first-order valence-electron chi connectivity index (χ1n) is 3.18. The van der Waals surface area contributed by atoms with E-state index in [1.165, 1.54) is 4.98 Å². The van der Waals surface area contributed by atoms with Gasteiger partial charge in [-0.2, -0.15) is 13.2 Å². The third-order valence-corrected chi connectivity index (χ3v) is 1.12. The first-order valence-corrected chi connectivity index (χ1v) is 5.34. The number of alkyl halides is 4. The summed E-state index contributed by atoms with van der Waals surface area (Å²) in [5, 5.41) is 0. The summed E-state index contributed by atoms with van der Waals surface area (Å²) in [5.74, 6) is 0. The van der Waals surface area contributed by atoms with Crippen LogP contribution in [0.3, 0.4) is 0 Å². The molecule has 0 radical (unpaired) electrons. The van der Waals surface area contributed by atoms with Gasteiger partial charge < -0.3 is 4.98 Å². The first kappa shape index (κ1) is 13.2. The number of hydrogen-bond acceptors (Lipinski definition) is 2. The molecular formula is C6H6F3IN2O2. The molecule has 1 heterocycles. The second kappa shape index (κ2) is 5.17. The number of nitrogens with one attached hydrogen (secondary N) is 2. The molecule has 0 aliphatic heterocycles. The Morgan fingerprint density at radius 1 is 1.29 bits per heavy atom. The molecule has 0 aliphatic carbocycles. The van der Waals surface area contributed by atoms with Gasteiger partial charge in [-0.25, -0.2) is 4.79 Å². The van der Waals surface area contributed by atoms with Crippen LogP contribution in [0.1, 0.15) is 5.56 Å². The molecule has 0 saturated carbocycles. The average molecular weight is 322 g/mol. The van der Waals surface area contributed by atoms with E-state index in [1.54, 1.807) is 4.98 Å². The van der Waals surface area contributed by atoms with Crippen molar-refractivity contribution in [3.8, 4) is 0 Å². The molecule has 14 heavy (non-hydrogen) atoms. The molecule has 4 nitrogen and oxygen atoms in total. The van der Waals surface area contributed by atoms with Crippen LogP contribution < -0.4 is 11.2 Å². The highest BCUT2D eigenvalue weighted by molar-refractivity contribution is 14.1. The van der Waals surface area contributed by atoms with Crippen molar-refractivity contribution in [3.63, 3.8) is 0 Å². The molecule has 1 rings (SSSR count). The zero-order valence-electron chi connectivity index (χ0n) is 6.91. The molecule has 1 aromatic heterocycles. The predicted octanol–water partition coefficient (Wildman–Crippen LogP) is 1.13. The third-order valence-electron chi connectivity index (χ3n) is 1.12. The van der Waals surface area contributed by atoms with Crippen LogP contribution in [-0.2, 0) is 6.18 Å². The summed E-state index contributed by atoms with van der Waals surface area (Å²) in [5.41, 5.74) is -3.82. The monoisotopic (exact) mass is 322 g/mol. The summed E-state index contributed by atoms with van der Waals surface area (Å²) in [7, 11) is 0. The summed E-state index contributed by atoms with van der Waals surface area (Å²) in [6.07, 6.45) is -4.40. The van der Waals surface area contributed by atoms with Gasteiger partial charge in [0.25, 0.3) is 5.56 Å². The second-order valence-electron chi connectivity index (χ2n) is 1.98. The molecule has 2 N–H and O–H groups in total. The Morgan fingerprint density at radius 3 is 2.14 bits per heavy atom. The highest BCUT2D eigenvalue weighted by atomic mass is 127. The summed E-state index contributed by atoms with van der Waals surface area (Å²) >= 11 is 2.15. The number of hydrogen-bond donors (Lipinski definition) is 2. The Labute approximate surface area is 89.7 Å². The number of aromatic amines is 2. The first-order chi connectivity index (χ1) is 6.41. The maximum atomic E-state index is 11.8. The molecule has 0 saturated heterocycles. The van der Waals surface area contributed by atoms with Crippen molar-refractivity contribution < 1.29 is 13.2 Å². The van der Waals surface area contributed by atoms with Crippen molar-refractivity contribution in [2.75, 3.05) is 4.93 Å². The standard InChI is InChI=1S/C5H3F3N2O2.CH3I/c6-5(7,8)2-1-9-4(12)10-3(2)11;1-2/h1H,(H2,9,10,11,12);1H3. The minimum absolute atomic E-state index is 0.334. The average Bonchev–Trinajstić information content (AvgIpc) is 2.05. The molecule has 80 valence electrons. The normalized spacial score (nSPS) is 10.4. The minimum atomic E-state index is -4.74. The fourth-order valence-corrected chi connectivity index (χ4v) is 0.620. The van der Waals surface area contributed by atoms with Crippen LogP contribution in [0.2, 0.25) is 0 Å². The highest BCUT2D eigenvalue weighted by Crippen LogP contribution is 2.24. The van der Waals surface area contributed by atoms with Crippen molar-refractivity contribution >= 4 is 22.6 Å². The summed E-state index contributed by atoms with van der Waals surface area (Å²) in [6.45, 7) is 0. The Hall–Kier alpha value is -0.800. The maximum absolute atomic E-state index is 11.8. The van der Waals surface area contributed by atoms with Crippen molar-refractivity contribution in [3.05, 3.63) is 32.6 Å². The van der Waals surface area contributed by atoms with Gasteiger partial charge >= 0.3 is 11.9 Å². The molecule has 8 heteroatoms. The molecule has 0 unspecified atom stereocenters. The van der Waals surface area contributed by atoms with Gasteiger partial charge in [0.15, 0.2) is 0 Å². The summed E-state index contributed by atoms with van der Waals surface area (Å²) < 4.78 is 35.5. The van der Waals surface area contributed by atoms with Gasteiger partial charge in [-0.05, 0) is 4.93 Å². The molecule has 0 spiro atoms. The third kappa shape index (κ3) is 3.52. The van der Waals surface area contributed by atoms with E-state index in [2.05, 4.69) is 22.6 Å². The van der Waals surface area contributed by atoms with Crippen LogP contribution in [0.15, 0.2) is 15.8 Å². The molecule has 0 fully saturated rings. The van der Waals surface area contributed by atoms with E-state index >= 15 is 0 Å². The van der Waals surface area contributed by atoms with Gasteiger partial charge in [-0.1, -0.05) is 22.6 Å². The van der Waals surface area contributed by atoms with E-state index < -0.39 is 23.0 Å². The Balaban J connectivity index is 0.000000791. The molecular weight excluding hydrogens is 316 g/mol. The van der Waals surface area contributed by atoms with Crippen molar-refractivity contribution in [2.24, 2.45) is 0 Å². The topological polar surface area (TPSA) is 65.7 Å². The lowest BCUT2D eigenvalue weighted by Gasteiger charge is -2.02. The van der Waals surface area contributed by atoms with E-state index in [9.17, 15) is 22.8 Å². The minimum Gasteiger partial charge on any atom is -0.313 e. The van der Waals surface area contributed by atoms with Crippen LogP contribution in [0.25, 0.3) is 0 Å². The molecule has 0 amide bonds. The van der Waals surface area contributed by atoms with Gasteiger partial charge in [-0.3, -0.25) is 9.78 Å². The predicted molar refractivity (Wildman–Crippen MR) is 52.6 cm³/mol. The second-order valence-corrected chi connectivity index (χ2v) is 1.98. The highest BCUT2D eigenvalue weighted by Gasteiger charge is 2.34. The Kier molecular flexibility index (Phi) is 4.88. The van der Waals surface area contributed by atoms with Gasteiger partial charge in [0.05, 0.1) is 0 Å². The molecule has 0 aromatic carbocycles.